The number of nitrogens with zero attached hydrogens (tertiary/aromatic N) is 4. The van der Waals surface area contributed by atoms with E-state index in [4.69, 9.17) is 27.9 Å². The molecule has 0 spiro atoms. The zero-order chi connectivity index (χ0) is 22.0. The van der Waals surface area contributed by atoms with E-state index in [1.54, 1.807) is 12.1 Å². The van der Waals surface area contributed by atoms with Gasteiger partial charge in [-0.1, -0.05) is 17.7 Å². The first-order chi connectivity index (χ1) is 14.9. The van der Waals surface area contributed by atoms with E-state index in [2.05, 4.69) is 25.4 Å². The van der Waals surface area contributed by atoms with E-state index < -0.39 is 5.82 Å². The van der Waals surface area contributed by atoms with Crippen LogP contribution in [0.1, 0.15) is 10.7 Å². The molecule has 0 bridgehead atoms. The highest BCUT2D eigenvalue weighted by molar-refractivity contribution is 7.15. The summed E-state index contributed by atoms with van der Waals surface area (Å²) in [6.45, 7) is 2.10. The average Bonchev–Trinajstić information content (AvgIpc) is 3.15. The van der Waals surface area contributed by atoms with Crippen molar-refractivity contribution in [1.29, 1.82) is 0 Å². The summed E-state index contributed by atoms with van der Waals surface area (Å²) in [6, 6.07) is 8.69. The van der Waals surface area contributed by atoms with Crippen molar-refractivity contribution in [1.82, 2.24) is 19.9 Å². The Bertz CT molecular complexity index is 1230. The van der Waals surface area contributed by atoms with Crippen LogP contribution in [0, 0.1) is 12.7 Å². The molecule has 5 N–H and O–H groups in total. The Balaban J connectivity index is 1.59. The van der Waals surface area contributed by atoms with Crippen molar-refractivity contribution in [3.8, 4) is 27.8 Å². The number of benzene rings is 1. The Morgan fingerprint density at radius 1 is 1.16 bits per heavy atom. The number of aromatic nitrogens is 4. The molecule has 0 amide bonds. The van der Waals surface area contributed by atoms with Crippen molar-refractivity contribution >= 4 is 34.3 Å². The first-order valence-corrected chi connectivity index (χ1v) is 10.2. The zero-order valence-electron chi connectivity index (χ0n) is 16.3. The van der Waals surface area contributed by atoms with Crippen molar-refractivity contribution in [2.24, 2.45) is 5.84 Å². The molecule has 4 rings (SSSR count). The van der Waals surface area contributed by atoms with Gasteiger partial charge in [0.15, 0.2) is 0 Å². The van der Waals surface area contributed by atoms with Gasteiger partial charge in [0.2, 0.25) is 0 Å². The van der Waals surface area contributed by atoms with Crippen LogP contribution in [-0.2, 0) is 6.61 Å². The van der Waals surface area contributed by atoms with Gasteiger partial charge in [-0.05, 0) is 31.2 Å². The Kier molecular flexibility index (Phi) is 5.94. The Labute approximate surface area is 186 Å². The molecule has 0 fully saturated rings. The Morgan fingerprint density at radius 2 is 1.90 bits per heavy atom. The van der Waals surface area contributed by atoms with Crippen molar-refractivity contribution in [2.75, 3.05) is 11.2 Å². The third kappa shape index (κ3) is 4.55. The van der Waals surface area contributed by atoms with E-state index in [1.165, 1.54) is 29.8 Å². The summed E-state index contributed by atoms with van der Waals surface area (Å²) in [5.41, 5.74) is 11.0. The predicted octanol–water partition coefficient (Wildman–Crippen LogP) is 4.21. The van der Waals surface area contributed by atoms with Crippen molar-refractivity contribution < 1.29 is 9.13 Å². The van der Waals surface area contributed by atoms with Crippen molar-refractivity contribution in [2.45, 2.75) is 13.5 Å². The summed E-state index contributed by atoms with van der Waals surface area (Å²) in [6.07, 6.45) is 2.92. The maximum Gasteiger partial charge on any atom is 0.316 e. The van der Waals surface area contributed by atoms with E-state index in [1.807, 2.05) is 19.1 Å². The van der Waals surface area contributed by atoms with Crippen molar-refractivity contribution in [3.05, 3.63) is 64.3 Å². The summed E-state index contributed by atoms with van der Waals surface area (Å²) in [7, 11) is 0. The normalized spacial score (nSPS) is 10.8. The van der Waals surface area contributed by atoms with Crippen LogP contribution in [-0.4, -0.2) is 19.9 Å². The van der Waals surface area contributed by atoms with E-state index in [9.17, 15) is 4.39 Å². The first-order valence-electron chi connectivity index (χ1n) is 9.04. The molecule has 1 aromatic carbocycles. The van der Waals surface area contributed by atoms with Gasteiger partial charge in [-0.3, -0.25) is 5.84 Å². The van der Waals surface area contributed by atoms with Gasteiger partial charge >= 0.3 is 6.01 Å². The van der Waals surface area contributed by atoms with Crippen LogP contribution in [0.4, 0.5) is 15.8 Å². The van der Waals surface area contributed by atoms with Crippen molar-refractivity contribution in [3.63, 3.8) is 0 Å². The monoisotopic (exact) mass is 457 g/mol. The summed E-state index contributed by atoms with van der Waals surface area (Å²) in [5, 5.41) is 1.17. The minimum atomic E-state index is -0.574. The molecule has 0 aliphatic rings. The minimum absolute atomic E-state index is 0.0463. The molecule has 0 aliphatic heterocycles. The molecular weight excluding hydrogens is 441 g/mol. The van der Waals surface area contributed by atoms with E-state index in [0.29, 0.717) is 27.7 Å². The molecule has 0 saturated carbocycles. The number of hydrazine groups is 1. The molecule has 4 aromatic rings. The number of nitrogens with two attached hydrogens (primary N) is 2. The lowest BCUT2D eigenvalue weighted by atomic mass is 10.1. The second-order valence-corrected chi connectivity index (χ2v) is 7.99. The molecule has 0 saturated heterocycles. The smallest absolute Gasteiger partial charge is 0.316 e. The number of nitrogen functional groups attached to an aromatic ring is 2. The van der Waals surface area contributed by atoms with E-state index in [0.717, 1.165) is 15.6 Å². The number of rotatable bonds is 6. The van der Waals surface area contributed by atoms with Gasteiger partial charge in [-0.25, -0.2) is 24.3 Å². The summed E-state index contributed by atoms with van der Waals surface area (Å²) in [4.78, 5) is 18.1. The molecule has 11 heteroatoms. The second-order valence-electron chi connectivity index (χ2n) is 6.47. The summed E-state index contributed by atoms with van der Waals surface area (Å²) < 4.78 is 19.7. The summed E-state index contributed by atoms with van der Waals surface area (Å²) >= 11 is 7.22. The SMILES string of the molecule is Cc1nc(COc2ncc(Cl)cn2)sc1-c1cccc(-c2cc(F)c(N)c(NN)c2)n1. The molecular formula is C20H17ClFN7OS. The molecule has 3 heterocycles. The standard InChI is InChI=1S/C20H17ClFN7OS/c1-10-19(31-17(27-10)9-30-20-25-7-12(21)8-26-20)15-4-2-3-14(28-15)11-5-13(22)18(23)16(6-11)29-24/h2-8,29H,9,23-24H2,1H3. The molecule has 8 nitrogen and oxygen atoms in total. The number of nitrogens with one attached hydrogen (secondary N) is 1. The maximum absolute atomic E-state index is 14.2. The lowest BCUT2D eigenvalue weighted by molar-refractivity contribution is 0.280. The number of aryl methyl sites for hydroxylation is 1. The number of anilines is 2. The number of hydrogen-bond acceptors (Lipinski definition) is 9. The Morgan fingerprint density at radius 3 is 2.65 bits per heavy atom. The van der Waals surface area contributed by atoms with Gasteiger partial charge in [-0.15, -0.1) is 11.3 Å². The summed E-state index contributed by atoms with van der Waals surface area (Å²) in [5.74, 6) is 4.86. The fourth-order valence-corrected chi connectivity index (χ4v) is 3.91. The van der Waals surface area contributed by atoms with Gasteiger partial charge in [0, 0.05) is 5.56 Å². The fraction of sp³-hybridized carbons (Fsp3) is 0.100. The third-order valence-corrected chi connectivity index (χ3v) is 5.67. The van der Waals surface area contributed by atoms with Crippen LogP contribution < -0.4 is 21.7 Å². The predicted molar refractivity (Wildman–Crippen MR) is 119 cm³/mol. The second kappa shape index (κ2) is 8.80. The molecule has 3 aromatic heterocycles. The van der Waals surface area contributed by atoms with Crippen LogP contribution in [0.25, 0.3) is 21.8 Å². The number of pyridine rings is 1. The molecule has 0 radical (unpaired) electrons. The highest BCUT2D eigenvalue weighted by Crippen LogP contribution is 2.33. The molecule has 31 heavy (non-hydrogen) atoms. The van der Waals surface area contributed by atoms with E-state index in [-0.39, 0.29) is 18.3 Å². The van der Waals surface area contributed by atoms with Gasteiger partial charge in [0.05, 0.1) is 50.8 Å². The van der Waals surface area contributed by atoms with Gasteiger partial charge in [-0.2, -0.15) is 0 Å². The van der Waals surface area contributed by atoms with Gasteiger partial charge < -0.3 is 15.9 Å². The molecule has 0 aliphatic carbocycles. The average molecular weight is 458 g/mol. The molecule has 0 atom stereocenters. The van der Waals surface area contributed by atoms with Crippen LogP contribution in [0.3, 0.4) is 0 Å². The minimum Gasteiger partial charge on any atom is -0.456 e. The number of halogens is 2. The quantitative estimate of drug-likeness (QED) is 0.223. The highest BCUT2D eigenvalue weighted by atomic mass is 35.5. The first kappa shape index (κ1) is 20.9. The topological polar surface area (TPSA) is 125 Å². The number of hydrogen-bond donors (Lipinski definition) is 3. The van der Waals surface area contributed by atoms with Crippen LogP contribution in [0.15, 0.2) is 42.7 Å². The van der Waals surface area contributed by atoms with Crippen LogP contribution in [0.2, 0.25) is 5.02 Å². The van der Waals surface area contributed by atoms with Crippen LogP contribution >= 0.6 is 22.9 Å². The molecule has 0 unspecified atom stereocenters. The van der Waals surface area contributed by atoms with Gasteiger partial charge in [0.25, 0.3) is 0 Å². The Hall–Kier alpha value is -3.34. The largest absolute Gasteiger partial charge is 0.456 e. The lowest BCUT2D eigenvalue weighted by Crippen LogP contribution is -2.10. The highest BCUT2D eigenvalue weighted by Gasteiger charge is 2.14. The third-order valence-electron chi connectivity index (χ3n) is 4.32. The number of ether oxygens (including phenoxy) is 1. The van der Waals surface area contributed by atoms with Crippen LogP contribution in [0.5, 0.6) is 6.01 Å². The lowest BCUT2D eigenvalue weighted by Gasteiger charge is -2.10. The zero-order valence-corrected chi connectivity index (χ0v) is 17.8. The van der Waals surface area contributed by atoms with Gasteiger partial charge in [0.1, 0.15) is 17.4 Å². The number of thiazole rings is 1. The molecule has 158 valence electrons. The van der Waals surface area contributed by atoms with E-state index >= 15 is 0 Å². The maximum atomic E-state index is 14.2. The fourth-order valence-electron chi connectivity index (χ4n) is 2.86.